The lowest BCUT2D eigenvalue weighted by molar-refractivity contribution is 0.100. The Morgan fingerprint density at radius 2 is 1.53 bits per heavy atom. The van der Waals surface area contributed by atoms with E-state index in [-0.39, 0.29) is 5.91 Å². The minimum absolute atomic E-state index is 0.320. The molecule has 0 aliphatic rings. The Morgan fingerprint density at radius 3 is 1.95 bits per heavy atom. The molecule has 0 aliphatic carbocycles. The number of aryl methyl sites for hydroxylation is 2. The predicted octanol–water partition coefficient (Wildman–Crippen LogP) is 3.49. The molecule has 0 fully saturated rings. The third-order valence-electron chi connectivity index (χ3n) is 3.66. The van der Waals surface area contributed by atoms with Gasteiger partial charge in [0.15, 0.2) is 0 Å². The molecule has 0 aromatic heterocycles. The minimum Gasteiger partial charge on any atom is -0.381 e. The van der Waals surface area contributed by atoms with E-state index in [1.165, 1.54) is 5.56 Å². The number of anilines is 1. The standard InChI is InChI=1S/C16H26N2O/c1-9(2)15(10(3)4)18-14-8-12(6)11(5)7-13(14)16(17)19/h7-10,15,18H,1-6H3,(H2,17,19). The smallest absolute Gasteiger partial charge is 0.250 e. The molecular weight excluding hydrogens is 236 g/mol. The molecule has 1 aromatic rings. The largest absolute Gasteiger partial charge is 0.381 e. The molecule has 3 N–H and O–H groups in total. The number of amides is 1. The highest BCUT2D eigenvalue weighted by Gasteiger charge is 2.20. The maximum atomic E-state index is 11.6. The second-order valence-corrected chi connectivity index (χ2v) is 6.00. The zero-order valence-corrected chi connectivity index (χ0v) is 12.9. The first kappa shape index (κ1) is 15.5. The van der Waals surface area contributed by atoms with Crippen molar-refractivity contribution in [1.82, 2.24) is 0 Å². The Kier molecular flexibility index (Phi) is 4.98. The Morgan fingerprint density at radius 1 is 1.05 bits per heavy atom. The summed E-state index contributed by atoms with van der Waals surface area (Å²) in [6.07, 6.45) is 0. The summed E-state index contributed by atoms with van der Waals surface area (Å²) in [5, 5.41) is 3.50. The maximum absolute atomic E-state index is 11.6. The molecule has 1 amide bonds. The van der Waals surface area contributed by atoms with Crippen molar-refractivity contribution >= 4 is 11.6 Å². The van der Waals surface area contributed by atoms with E-state index in [4.69, 9.17) is 5.73 Å². The fourth-order valence-electron chi connectivity index (χ4n) is 2.42. The molecule has 1 rings (SSSR count). The summed E-state index contributed by atoms with van der Waals surface area (Å²) in [6.45, 7) is 12.8. The fourth-order valence-corrected chi connectivity index (χ4v) is 2.42. The molecule has 0 radical (unpaired) electrons. The van der Waals surface area contributed by atoms with Gasteiger partial charge in [0.2, 0.25) is 0 Å². The molecule has 0 saturated carbocycles. The molecule has 0 heterocycles. The van der Waals surface area contributed by atoms with Gasteiger partial charge in [-0.3, -0.25) is 4.79 Å². The van der Waals surface area contributed by atoms with Gasteiger partial charge in [0.25, 0.3) is 5.91 Å². The quantitative estimate of drug-likeness (QED) is 0.853. The molecule has 19 heavy (non-hydrogen) atoms. The number of nitrogens with two attached hydrogens (primary N) is 1. The predicted molar refractivity (Wildman–Crippen MR) is 81.5 cm³/mol. The summed E-state index contributed by atoms with van der Waals surface area (Å²) in [6, 6.07) is 4.21. The summed E-state index contributed by atoms with van der Waals surface area (Å²) < 4.78 is 0. The van der Waals surface area contributed by atoms with E-state index in [2.05, 4.69) is 33.0 Å². The van der Waals surface area contributed by atoms with Gasteiger partial charge < -0.3 is 11.1 Å². The third-order valence-corrected chi connectivity index (χ3v) is 3.66. The first-order chi connectivity index (χ1) is 8.73. The summed E-state index contributed by atoms with van der Waals surface area (Å²) in [5.41, 5.74) is 9.16. The molecule has 3 heteroatoms. The van der Waals surface area contributed by atoms with Gasteiger partial charge in [0, 0.05) is 11.7 Å². The fraction of sp³-hybridized carbons (Fsp3) is 0.562. The van der Waals surface area contributed by atoms with Crippen molar-refractivity contribution in [1.29, 1.82) is 0 Å². The number of hydrogen-bond acceptors (Lipinski definition) is 2. The van der Waals surface area contributed by atoms with Gasteiger partial charge in [0.1, 0.15) is 0 Å². The topological polar surface area (TPSA) is 55.1 Å². The molecule has 0 spiro atoms. The van der Waals surface area contributed by atoms with Crippen LogP contribution in [-0.2, 0) is 0 Å². The number of hydrogen-bond donors (Lipinski definition) is 2. The Labute approximate surface area is 116 Å². The first-order valence-electron chi connectivity index (χ1n) is 6.91. The molecular formula is C16H26N2O. The van der Waals surface area contributed by atoms with Crippen LogP contribution in [0, 0.1) is 25.7 Å². The van der Waals surface area contributed by atoms with E-state index in [1.807, 2.05) is 26.0 Å². The van der Waals surface area contributed by atoms with Gasteiger partial charge in [-0.05, 0) is 48.9 Å². The van der Waals surface area contributed by atoms with E-state index in [0.29, 0.717) is 23.4 Å². The number of rotatable bonds is 5. The van der Waals surface area contributed by atoms with E-state index >= 15 is 0 Å². The molecule has 106 valence electrons. The van der Waals surface area contributed by atoms with Crippen LogP contribution in [0.2, 0.25) is 0 Å². The molecule has 0 atom stereocenters. The Bertz CT molecular complexity index is 456. The lowest BCUT2D eigenvalue weighted by Gasteiger charge is -2.28. The highest BCUT2D eigenvalue weighted by molar-refractivity contribution is 5.99. The van der Waals surface area contributed by atoms with Crippen LogP contribution < -0.4 is 11.1 Å². The van der Waals surface area contributed by atoms with Crippen molar-refractivity contribution in [2.24, 2.45) is 17.6 Å². The van der Waals surface area contributed by atoms with Crippen molar-refractivity contribution in [2.45, 2.75) is 47.6 Å². The van der Waals surface area contributed by atoms with Crippen LogP contribution in [0.15, 0.2) is 12.1 Å². The summed E-state index contributed by atoms with van der Waals surface area (Å²) in [7, 11) is 0. The minimum atomic E-state index is -0.378. The SMILES string of the molecule is Cc1cc(NC(C(C)C)C(C)C)c(C(N)=O)cc1C. The van der Waals surface area contributed by atoms with Gasteiger partial charge in [-0.15, -0.1) is 0 Å². The molecule has 3 nitrogen and oxygen atoms in total. The molecule has 0 bridgehead atoms. The first-order valence-corrected chi connectivity index (χ1v) is 6.91. The Hall–Kier alpha value is -1.51. The summed E-state index contributed by atoms with van der Waals surface area (Å²) >= 11 is 0. The Balaban J connectivity index is 3.18. The van der Waals surface area contributed by atoms with Crippen LogP contribution in [0.3, 0.4) is 0 Å². The second kappa shape index (κ2) is 6.09. The van der Waals surface area contributed by atoms with Gasteiger partial charge >= 0.3 is 0 Å². The van der Waals surface area contributed by atoms with Crippen molar-refractivity contribution in [2.75, 3.05) is 5.32 Å². The van der Waals surface area contributed by atoms with Crippen molar-refractivity contribution in [3.63, 3.8) is 0 Å². The highest BCUT2D eigenvalue weighted by atomic mass is 16.1. The maximum Gasteiger partial charge on any atom is 0.250 e. The third kappa shape index (κ3) is 3.72. The number of primary amides is 1. The number of nitrogens with one attached hydrogen (secondary N) is 1. The van der Waals surface area contributed by atoms with Gasteiger partial charge in [-0.25, -0.2) is 0 Å². The van der Waals surface area contributed by atoms with Crippen LogP contribution in [0.4, 0.5) is 5.69 Å². The van der Waals surface area contributed by atoms with Crippen LogP contribution in [-0.4, -0.2) is 11.9 Å². The molecule has 0 saturated heterocycles. The summed E-state index contributed by atoms with van der Waals surface area (Å²) in [4.78, 5) is 11.6. The molecule has 0 aliphatic heterocycles. The zero-order valence-electron chi connectivity index (χ0n) is 12.9. The molecule has 0 unspecified atom stereocenters. The second-order valence-electron chi connectivity index (χ2n) is 6.00. The zero-order chi connectivity index (χ0) is 14.7. The van der Waals surface area contributed by atoms with E-state index in [0.717, 1.165) is 11.3 Å². The lowest BCUT2D eigenvalue weighted by Crippen LogP contribution is -2.32. The lowest BCUT2D eigenvalue weighted by atomic mass is 9.92. The van der Waals surface area contributed by atoms with Gasteiger partial charge in [0.05, 0.1) is 5.56 Å². The van der Waals surface area contributed by atoms with Crippen LogP contribution in [0.1, 0.15) is 49.2 Å². The normalized spacial score (nSPS) is 11.4. The number of carbonyl (C=O) groups is 1. The van der Waals surface area contributed by atoms with Crippen LogP contribution >= 0.6 is 0 Å². The van der Waals surface area contributed by atoms with E-state index < -0.39 is 0 Å². The van der Waals surface area contributed by atoms with Gasteiger partial charge in [-0.1, -0.05) is 27.7 Å². The van der Waals surface area contributed by atoms with Crippen LogP contribution in [0.25, 0.3) is 0 Å². The number of benzene rings is 1. The van der Waals surface area contributed by atoms with Gasteiger partial charge in [-0.2, -0.15) is 0 Å². The highest BCUT2D eigenvalue weighted by Crippen LogP contribution is 2.25. The average molecular weight is 262 g/mol. The van der Waals surface area contributed by atoms with Crippen molar-refractivity contribution in [3.8, 4) is 0 Å². The monoisotopic (exact) mass is 262 g/mol. The molecule has 1 aromatic carbocycles. The van der Waals surface area contributed by atoms with Crippen molar-refractivity contribution in [3.05, 3.63) is 28.8 Å². The van der Waals surface area contributed by atoms with E-state index in [9.17, 15) is 4.79 Å². The van der Waals surface area contributed by atoms with Crippen molar-refractivity contribution < 1.29 is 4.79 Å². The van der Waals surface area contributed by atoms with Crippen LogP contribution in [0.5, 0.6) is 0 Å². The average Bonchev–Trinajstić information content (AvgIpc) is 2.28. The number of carbonyl (C=O) groups excluding carboxylic acids is 1. The van der Waals surface area contributed by atoms with E-state index in [1.54, 1.807) is 0 Å². The summed E-state index contributed by atoms with van der Waals surface area (Å²) in [5.74, 6) is 0.599.